The lowest BCUT2D eigenvalue weighted by molar-refractivity contribution is -0.128. The lowest BCUT2D eigenvalue weighted by atomic mass is 10.3. The Morgan fingerprint density at radius 3 is 2.76 bits per heavy atom. The second kappa shape index (κ2) is 7.05. The molecule has 3 aromatic rings. The van der Waals surface area contributed by atoms with Gasteiger partial charge >= 0.3 is 0 Å². The molecule has 1 saturated heterocycles. The molecule has 6 nitrogen and oxygen atoms in total. The summed E-state index contributed by atoms with van der Waals surface area (Å²) in [6.07, 6.45) is 0. The van der Waals surface area contributed by atoms with Gasteiger partial charge in [0.25, 0.3) is 6.01 Å². The molecule has 3 heterocycles. The number of thiazole rings is 1. The highest BCUT2D eigenvalue weighted by molar-refractivity contribution is 8.01. The number of anilines is 1. The number of benzene rings is 1. The van der Waals surface area contributed by atoms with Crippen LogP contribution in [0.25, 0.3) is 11.1 Å². The SMILES string of the molecule is Cc1csc(SCC(=O)N2CCN(c3nc4ccccc4o3)CC2)n1. The first-order valence-corrected chi connectivity index (χ1v) is 9.99. The van der Waals surface area contributed by atoms with Gasteiger partial charge in [-0.2, -0.15) is 4.98 Å². The third-order valence-electron chi connectivity index (χ3n) is 4.10. The molecule has 4 rings (SSSR count). The summed E-state index contributed by atoms with van der Waals surface area (Å²) in [5.74, 6) is 0.602. The minimum absolute atomic E-state index is 0.162. The number of rotatable bonds is 4. The standard InChI is InChI=1S/C17H18N4O2S2/c1-12-10-24-17(18-12)25-11-15(22)20-6-8-21(9-7-20)16-19-13-4-2-3-5-14(13)23-16/h2-5,10H,6-9,11H2,1H3. The Kier molecular flexibility index (Phi) is 4.63. The molecule has 0 N–H and O–H groups in total. The third kappa shape index (κ3) is 3.64. The van der Waals surface area contributed by atoms with E-state index in [1.165, 1.54) is 11.8 Å². The maximum absolute atomic E-state index is 12.4. The summed E-state index contributed by atoms with van der Waals surface area (Å²) in [7, 11) is 0. The van der Waals surface area contributed by atoms with Crippen LogP contribution in [0.3, 0.4) is 0 Å². The predicted octanol–water partition coefficient (Wildman–Crippen LogP) is 3.03. The highest BCUT2D eigenvalue weighted by Gasteiger charge is 2.24. The number of carbonyl (C=O) groups excluding carboxylic acids is 1. The van der Waals surface area contributed by atoms with Gasteiger partial charge in [-0.25, -0.2) is 4.98 Å². The fourth-order valence-corrected chi connectivity index (χ4v) is 4.51. The fraction of sp³-hybridized carbons (Fsp3) is 0.353. The Morgan fingerprint density at radius 2 is 2.04 bits per heavy atom. The van der Waals surface area contributed by atoms with Gasteiger partial charge in [0.2, 0.25) is 5.91 Å². The number of piperazine rings is 1. The molecular formula is C17H18N4O2S2. The van der Waals surface area contributed by atoms with Crippen LogP contribution in [0.2, 0.25) is 0 Å². The number of para-hydroxylation sites is 2. The molecule has 1 fully saturated rings. The molecule has 130 valence electrons. The molecule has 25 heavy (non-hydrogen) atoms. The average Bonchev–Trinajstić information content (AvgIpc) is 3.25. The Labute approximate surface area is 153 Å². The lowest BCUT2D eigenvalue weighted by Gasteiger charge is -2.33. The molecular weight excluding hydrogens is 356 g/mol. The van der Waals surface area contributed by atoms with E-state index in [2.05, 4.69) is 14.9 Å². The van der Waals surface area contributed by atoms with Crippen LogP contribution in [0.4, 0.5) is 6.01 Å². The van der Waals surface area contributed by atoms with E-state index in [-0.39, 0.29) is 5.91 Å². The van der Waals surface area contributed by atoms with E-state index >= 15 is 0 Å². The number of oxazole rings is 1. The van der Waals surface area contributed by atoms with Crippen molar-refractivity contribution in [2.45, 2.75) is 11.3 Å². The van der Waals surface area contributed by atoms with Crippen molar-refractivity contribution in [3.8, 4) is 0 Å². The monoisotopic (exact) mass is 374 g/mol. The molecule has 0 bridgehead atoms. The molecule has 0 spiro atoms. The molecule has 0 radical (unpaired) electrons. The van der Waals surface area contributed by atoms with Gasteiger partial charge in [-0.1, -0.05) is 23.9 Å². The lowest BCUT2D eigenvalue weighted by Crippen LogP contribution is -2.49. The van der Waals surface area contributed by atoms with Gasteiger partial charge in [-0.3, -0.25) is 4.79 Å². The van der Waals surface area contributed by atoms with Crippen molar-refractivity contribution in [1.29, 1.82) is 0 Å². The first kappa shape index (κ1) is 16.4. The molecule has 8 heteroatoms. The summed E-state index contributed by atoms with van der Waals surface area (Å²) in [6.45, 7) is 4.82. The normalized spacial score (nSPS) is 15.1. The number of fused-ring (bicyclic) bond motifs is 1. The molecule has 0 aliphatic carbocycles. The van der Waals surface area contributed by atoms with Crippen molar-refractivity contribution in [1.82, 2.24) is 14.9 Å². The van der Waals surface area contributed by atoms with E-state index in [0.717, 1.165) is 34.2 Å². The van der Waals surface area contributed by atoms with E-state index < -0.39 is 0 Å². The smallest absolute Gasteiger partial charge is 0.298 e. The highest BCUT2D eigenvalue weighted by Crippen LogP contribution is 2.24. The van der Waals surface area contributed by atoms with E-state index in [0.29, 0.717) is 24.9 Å². The highest BCUT2D eigenvalue weighted by atomic mass is 32.2. The molecule has 0 unspecified atom stereocenters. The minimum atomic E-state index is 0.162. The number of amides is 1. The van der Waals surface area contributed by atoms with Gasteiger partial charge < -0.3 is 14.2 Å². The topological polar surface area (TPSA) is 62.5 Å². The Balaban J connectivity index is 1.32. The molecule has 1 aliphatic rings. The maximum Gasteiger partial charge on any atom is 0.298 e. The number of nitrogens with zero attached hydrogens (tertiary/aromatic N) is 4. The van der Waals surface area contributed by atoms with Crippen LogP contribution < -0.4 is 4.90 Å². The molecule has 2 aromatic heterocycles. The van der Waals surface area contributed by atoms with Crippen LogP contribution in [0.15, 0.2) is 38.4 Å². The van der Waals surface area contributed by atoms with Gasteiger partial charge in [0.15, 0.2) is 9.92 Å². The Bertz CT molecular complexity index is 851. The fourth-order valence-electron chi connectivity index (χ4n) is 2.76. The number of carbonyl (C=O) groups is 1. The van der Waals surface area contributed by atoms with Gasteiger partial charge in [0.1, 0.15) is 5.52 Å². The van der Waals surface area contributed by atoms with Gasteiger partial charge in [0, 0.05) is 37.3 Å². The van der Waals surface area contributed by atoms with Crippen molar-refractivity contribution in [2.24, 2.45) is 0 Å². The number of aryl methyl sites for hydroxylation is 1. The summed E-state index contributed by atoms with van der Waals surface area (Å²) in [5.41, 5.74) is 2.67. The van der Waals surface area contributed by atoms with Crippen LogP contribution in [0.1, 0.15) is 5.69 Å². The second-order valence-corrected chi connectivity index (χ2v) is 7.96. The van der Waals surface area contributed by atoms with E-state index in [9.17, 15) is 4.79 Å². The Hall–Kier alpha value is -2.06. The van der Waals surface area contributed by atoms with Crippen LogP contribution in [0, 0.1) is 6.92 Å². The number of hydrogen-bond acceptors (Lipinski definition) is 7. The molecule has 1 aromatic carbocycles. The first-order valence-electron chi connectivity index (χ1n) is 8.12. The quantitative estimate of drug-likeness (QED) is 0.654. The second-order valence-electron chi connectivity index (χ2n) is 5.88. The summed E-state index contributed by atoms with van der Waals surface area (Å²) < 4.78 is 6.77. The Morgan fingerprint density at radius 1 is 1.24 bits per heavy atom. The van der Waals surface area contributed by atoms with Gasteiger partial charge in [-0.05, 0) is 19.1 Å². The molecule has 1 aliphatic heterocycles. The molecule has 0 atom stereocenters. The molecule has 0 saturated carbocycles. The molecule has 1 amide bonds. The summed E-state index contributed by atoms with van der Waals surface area (Å²) in [5, 5.41) is 2.01. The van der Waals surface area contributed by atoms with E-state index in [1.807, 2.05) is 41.5 Å². The third-order valence-corrected chi connectivity index (χ3v) is 6.23. The summed E-state index contributed by atoms with van der Waals surface area (Å²) in [6, 6.07) is 8.39. The van der Waals surface area contributed by atoms with Crippen LogP contribution in [0.5, 0.6) is 0 Å². The zero-order valence-corrected chi connectivity index (χ0v) is 15.5. The van der Waals surface area contributed by atoms with Gasteiger partial charge in [-0.15, -0.1) is 11.3 Å². The van der Waals surface area contributed by atoms with Crippen LogP contribution >= 0.6 is 23.1 Å². The van der Waals surface area contributed by atoms with Gasteiger partial charge in [0.05, 0.1) is 5.75 Å². The van der Waals surface area contributed by atoms with Crippen LogP contribution in [-0.2, 0) is 4.79 Å². The minimum Gasteiger partial charge on any atom is -0.423 e. The largest absolute Gasteiger partial charge is 0.423 e. The zero-order valence-electron chi connectivity index (χ0n) is 13.8. The maximum atomic E-state index is 12.4. The van der Waals surface area contributed by atoms with E-state index in [4.69, 9.17) is 4.42 Å². The average molecular weight is 374 g/mol. The van der Waals surface area contributed by atoms with Crippen molar-refractivity contribution in [2.75, 3.05) is 36.8 Å². The summed E-state index contributed by atoms with van der Waals surface area (Å²) in [4.78, 5) is 25.3. The van der Waals surface area contributed by atoms with Crippen molar-refractivity contribution < 1.29 is 9.21 Å². The summed E-state index contributed by atoms with van der Waals surface area (Å²) >= 11 is 3.10. The predicted molar refractivity (Wildman–Crippen MR) is 100 cm³/mol. The van der Waals surface area contributed by atoms with Crippen molar-refractivity contribution in [3.05, 3.63) is 35.3 Å². The van der Waals surface area contributed by atoms with Crippen molar-refractivity contribution >= 4 is 46.1 Å². The van der Waals surface area contributed by atoms with Crippen LogP contribution in [-0.4, -0.2) is 52.7 Å². The number of hydrogen-bond donors (Lipinski definition) is 0. The number of aromatic nitrogens is 2. The number of thioether (sulfide) groups is 1. The van der Waals surface area contributed by atoms with Crippen molar-refractivity contribution in [3.63, 3.8) is 0 Å². The zero-order chi connectivity index (χ0) is 17.2. The van der Waals surface area contributed by atoms with E-state index in [1.54, 1.807) is 11.3 Å². The first-order chi connectivity index (χ1) is 12.2.